The Kier molecular flexibility index (Phi) is 6.34. The second-order valence-corrected chi connectivity index (χ2v) is 9.81. The van der Waals surface area contributed by atoms with Crippen molar-refractivity contribution >= 4 is 17.5 Å². The van der Waals surface area contributed by atoms with Crippen molar-refractivity contribution < 1.29 is 9.59 Å². The first-order chi connectivity index (χ1) is 14.9. The molecule has 1 aromatic rings. The summed E-state index contributed by atoms with van der Waals surface area (Å²) in [6.07, 6.45) is 7.14. The molecule has 6 nitrogen and oxygen atoms in total. The Morgan fingerprint density at radius 2 is 1.77 bits per heavy atom. The summed E-state index contributed by atoms with van der Waals surface area (Å²) >= 11 is 0. The van der Waals surface area contributed by atoms with Crippen LogP contribution in [0.4, 0.5) is 5.69 Å². The van der Waals surface area contributed by atoms with Crippen molar-refractivity contribution in [2.45, 2.75) is 77.4 Å². The molecule has 2 heterocycles. The van der Waals surface area contributed by atoms with Crippen molar-refractivity contribution in [2.24, 2.45) is 11.8 Å². The molecule has 2 aliphatic heterocycles. The molecular weight excluding hydrogens is 388 g/mol. The van der Waals surface area contributed by atoms with Gasteiger partial charge in [-0.25, -0.2) is 0 Å². The standard InChI is InChI=1S/C25H34N4O2/c1-16(2)19-5-7-20(8-6-19)28-12-10-21(11-13-28)29-23-9-4-18(15-26)14-22(23)24(25(29)31)27-17(3)30/h4,9,14,16,19-21,24H,5-8,10-13H2,1-3H3,(H,27,30). The van der Waals surface area contributed by atoms with E-state index < -0.39 is 6.04 Å². The molecule has 1 aliphatic carbocycles. The maximum atomic E-state index is 13.3. The van der Waals surface area contributed by atoms with Gasteiger partial charge in [0.2, 0.25) is 5.91 Å². The molecule has 4 rings (SSSR count). The number of carbonyl (C=O) groups excluding carboxylic acids is 2. The molecule has 0 aromatic heterocycles. The molecule has 166 valence electrons. The lowest BCUT2D eigenvalue weighted by atomic mass is 9.79. The maximum Gasteiger partial charge on any atom is 0.254 e. The van der Waals surface area contributed by atoms with E-state index in [1.165, 1.54) is 32.6 Å². The fraction of sp³-hybridized carbons (Fsp3) is 0.640. The summed E-state index contributed by atoms with van der Waals surface area (Å²) in [5.41, 5.74) is 2.10. The lowest BCUT2D eigenvalue weighted by molar-refractivity contribution is -0.126. The van der Waals surface area contributed by atoms with Crippen LogP contribution in [0.25, 0.3) is 0 Å². The maximum absolute atomic E-state index is 13.3. The molecule has 1 aromatic carbocycles. The summed E-state index contributed by atoms with van der Waals surface area (Å²) in [7, 11) is 0. The monoisotopic (exact) mass is 422 g/mol. The van der Waals surface area contributed by atoms with Crippen LogP contribution < -0.4 is 10.2 Å². The Balaban J connectivity index is 1.44. The van der Waals surface area contributed by atoms with Gasteiger partial charge in [0.25, 0.3) is 5.91 Å². The molecule has 1 unspecified atom stereocenters. The zero-order chi connectivity index (χ0) is 22.1. The minimum atomic E-state index is -0.690. The number of carbonyl (C=O) groups is 2. The minimum Gasteiger partial charge on any atom is -0.341 e. The largest absolute Gasteiger partial charge is 0.341 e. The molecule has 3 aliphatic rings. The van der Waals surface area contributed by atoms with Crippen molar-refractivity contribution in [2.75, 3.05) is 18.0 Å². The molecule has 2 fully saturated rings. The van der Waals surface area contributed by atoms with Gasteiger partial charge >= 0.3 is 0 Å². The van der Waals surface area contributed by atoms with E-state index in [9.17, 15) is 14.9 Å². The van der Waals surface area contributed by atoms with E-state index >= 15 is 0 Å². The Morgan fingerprint density at radius 1 is 1.10 bits per heavy atom. The van der Waals surface area contributed by atoms with E-state index in [0.29, 0.717) is 11.6 Å². The fourth-order valence-corrected chi connectivity index (χ4v) is 5.83. The van der Waals surface area contributed by atoms with E-state index in [2.05, 4.69) is 30.1 Å². The molecule has 1 N–H and O–H groups in total. The second kappa shape index (κ2) is 9.00. The molecule has 0 radical (unpaired) electrons. The molecule has 1 saturated heterocycles. The van der Waals surface area contributed by atoms with Crippen molar-refractivity contribution in [3.63, 3.8) is 0 Å². The molecule has 6 heteroatoms. The topological polar surface area (TPSA) is 76.4 Å². The predicted molar refractivity (Wildman–Crippen MR) is 120 cm³/mol. The van der Waals surface area contributed by atoms with E-state index in [1.807, 2.05) is 11.0 Å². The minimum absolute atomic E-state index is 0.0730. The Morgan fingerprint density at radius 3 is 2.35 bits per heavy atom. The zero-order valence-electron chi connectivity index (χ0n) is 18.9. The van der Waals surface area contributed by atoms with Crippen LogP contribution in [0, 0.1) is 23.2 Å². The molecule has 0 spiro atoms. The lowest BCUT2D eigenvalue weighted by Crippen LogP contribution is -2.50. The summed E-state index contributed by atoms with van der Waals surface area (Å²) in [5.74, 6) is 1.35. The molecule has 31 heavy (non-hydrogen) atoms. The average Bonchev–Trinajstić information content (AvgIpc) is 3.04. The van der Waals surface area contributed by atoms with Crippen LogP contribution in [-0.2, 0) is 9.59 Å². The molecule has 0 bridgehead atoms. The van der Waals surface area contributed by atoms with Gasteiger partial charge in [0.1, 0.15) is 6.04 Å². The Labute approximate surface area is 185 Å². The number of nitriles is 1. The first-order valence-electron chi connectivity index (χ1n) is 11.8. The van der Waals surface area contributed by atoms with Gasteiger partial charge in [-0.05, 0) is 68.6 Å². The van der Waals surface area contributed by atoms with Crippen LogP contribution in [0.15, 0.2) is 18.2 Å². The highest BCUT2D eigenvalue weighted by Crippen LogP contribution is 2.40. The second-order valence-electron chi connectivity index (χ2n) is 9.81. The van der Waals surface area contributed by atoms with Crippen molar-refractivity contribution in [1.82, 2.24) is 10.2 Å². The number of nitrogens with one attached hydrogen (secondary N) is 1. The lowest BCUT2D eigenvalue weighted by Gasteiger charge is -2.43. The van der Waals surface area contributed by atoms with Crippen LogP contribution in [0.1, 0.15) is 76.5 Å². The van der Waals surface area contributed by atoms with E-state index in [4.69, 9.17) is 0 Å². The molecule has 1 atom stereocenters. The number of rotatable bonds is 4. The van der Waals surface area contributed by atoms with E-state index in [1.54, 1.807) is 12.1 Å². The summed E-state index contributed by atoms with van der Waals surface area (Å²) in [6, 6.07) is 7.65. The number of likely N-dealkylation sites (tertiary alicyclic amines) is 1. The highest BCUT2D eigenvalue weighted by molar-refractivity contribution is 6.06. The highest BCUT2D eigenvalue weighted by Gasteiger charge is 2.42. The molecule has 2 amide bonds. The first-order valence-corrected chi connectivity index (χ1v) is 11.8. The summed E-state index contributed by atoms with van der Waals surface area (Å²) in [5, 5.41) is 12.1. The third kappa shape index (κ3) is 4.34. The van der Waals surface area contributed by atoms with Crippen LogP contribution in [0.3, 0.4) is 0 Å². The van der Waals surface area contributed by atoms with Crippen molar-refractivity contribution in [3.05, 3.63) is 29.3 Å². The normalized spacial score (nSPS) is 27.3. The predicted octanol–water partition coefficient (Wildman–Crippen LogP) is 3.76. The molecule has 1 saturated carbocycles. The Bertz CT molecular complexity index is 874. The van der Waals surface area contributed by atoms with Gasteiger partial charge in [0.15, 0.2) is 0 Å². The number of piperidine rings is 1. The van der Waals surface area contributed by atoms with Crippen LogP contribution in [-0.4, -0.2) is 41.9 Å². The summed E-state index contributed by atoms with van der Waals surface area (Å²) in [6.45, 7) is 8.14. The van der Waals surface area contributed by atoms with Gasteiger partial charge in [0.05, 0.1) is 11.6 Å². The van der Waals surface area contributed by atoms with Crippen molar-refractivity contribution in [3.8, 4) is 6.07 Å². The Hall–Kier alpha value is -2.39. The van der Waals surface area contributed by atoms with Crippen LogP contribution in [0.5, 0.6) is 0 Å². The number of hydrogen-bond donors (Lipinski definition) is 1. The van der Waals surface area contributed by atoms with Crippen molar-refractivity contribution in [1.29, 1.82) is 5.26 Å². The van der Waals surface area contributed by atoms with Gasteiger partial charge in [-0.15, -0.1) is 0 Å². The third-order valence-corrected chi connectivity index (χ3v) is 7.62. The van der Waals surface area contributed by atoms with E-state index in [-0.39, 0.29) is 17.9 Å². The number of anilines is 1. The number of amides is 2. The van der Waals surface area contributed by atoms with Gasteiger partial charge in [-0.1, -0.05) is 13.8 Å². The summed E-state index contributed by atoms with van der Waals surface area (Å²) in [4.78, 5) is 29.5. The van der Waals surface area contributed by atoms with Crippen LogP contribution in [0.2, 0.25) is 0 Å². The fourth-order valence-electron chi connectivity index (χ4n) is 5.83. The first kappa shape index (κ1) is 21.8. The number of hydrogen-bond acceptors (Lipinski definition) is 4. The summed E-state index contributed by atoms with van der Waals surface area (Å²) < 4.78 is 0. The van der Waals surface area contributed by atoms with Gasteiger partial charge in [-0.3, -0.25) is 9.59 Å². The van der Waals surface area contributed by atoms with Gasteiger partial charge < -0.3 is 15.1 Å². The quantitative estimate of drug-likeness (QED) is 0.802. The SMILES string of the molecule is CC(=O)NC1C(=O)N(C2CCN(C3CCC(C(C)C)CC3)CC2)c2ccc(C#N)cc21. The van der Waals surface area contributed by atoms with Crippen LogP contribution >= 0.6 is 0 Å². The average molecular weight is 423 g/mol. The number of fused-ring (bicyclic) bond motifs is 1. The number of benzene rings is 1. The smallest absolute Gasteiger partial charge is 0.254 e. The van der Waals surface area contributed by atoms with Gasteiger partial charge in [-0.2, -0.15) is 5.26 Å². The highest BCUT2D eigenvalue weighted by atomic mass is 16.2. The zero-order valence-corrected chi connectivity index (χ0v) is 18.9. The van der Waals surface area contributed by atoms with Gasteiger partial charge in [0, 0.05) is 43.3 Å². The molecular formula is C25H34N4O2. The van der Waals surface area contributed by atoms with E-state index in [0.717, 1.165) is 49.0 Å². The third-order valence-electron chi connectivity index (χ3n) is 7.62. The number of nitrogens with zero attached hydrogens (tertiary/aromatic N) is 3.